The Morgan fingerprint density at radius 1 is 1.33 bits per heavy atom. The molecule has 1 atom stereocenters. The van der Waals surface area contributed by atoms with Crippen LogP contribution in [-0.2, 0) is 5.75 Å². The Morgan fingerprint density at radius 3 is 2.85 bits per heavy atom. The highest BCUT2D eigenvalue weighted by molar-refractivity contribution is 8.47. The van der Waals surface area contributed by atoms with Crippen molar-refractivity contribution < 1.29 is 4.39 Å². The van der Waals surface area contributed by atoms with Gasteiger partial charge in [0.05, 0.1) is 16.9 Å². The number of hydrazone groups is 1. The molecule has 4 N–H and O–H groups in total. The first-order valence-corrected chi connectivity index (χ1v) is 10.2. The summed E-state index contributed by atoms with van der Waals surface area (Å²) < 4.78 is 16.2. The summed E-state index contributed by atoms with van der Waals surface area (Å²) in [6.45, 7) is 1.90. The molecule has 0 saturated heterocycles. The van der Waals surface area contributed by atoms with Crippen LogP contribution in [0.5, 0.6) is 0 Å². The Hall–Kier alpha value is -2.78. The maximum atomic E-state index is 14.6. The second-order valence-corrected chi connectivity index (χ2v) is 9.47. The van der Waals surface area contributed by atoms with Crippen LogP contribution in [0.3, 0.4) is 0 Å². The van der Waals surface area contributed by atoms with Crippen LogP contribution >= 0.6 is 21.6 Å². The van der Waals surface area contributed by atoms with Gasteiger partial charge in [-0.05, 0) is 31.2 Å². The summed E-state index contributed by atoms with van der Waals surface area (Å²) in [5.74, 6) is -0.141. The number of nitrogens with zero attached hydrogens (tertiary/aromatic N) is 4. The number of halogens is 2. The molecule has 1 unspecified atom stereocenters. The van der Waals surface area contributed by atoms with Crippen molar-refractivity contribution in [2.24, 2.45) is 10.8 Å². The Bertz CT molecular complexity index is 1020. The summed E-state index contributed by atoms with van der Waals surface area (Å²) in [6.07, 6.45) is 5.27. The van der Waals surface area contributed by atoms with Gasteiger partial charge in [-0.1, -0.05) is 27.7 Å². The molecular formula is C17H17ClFN7S. The molecule has 1 aliphatic heterocycles. The van der Waals surface area contributed by atoms with Crippen LogP contribution in [0.15, 0.2) is 57.9 Å². The minimum atomic E-state index is -2.13. The summed E-state index contributed by atoms with van der Waals surface area (Å²) >= 11 is 6.30. The third-order valence-electron chi connectivity index (χ3n) is 4.27. The lowest BCUT2D eigenvalue weighted by atomic mass is 10.2. The molecule has 4 rings (SSSR count). The molecule has 2 aromatic heterocycles. The lowest BCUT2D eigenvalue weighted by Crippen LogP contribution is -2.22. The van der Waals surface area contributed by atoms with E-state index in [0.29, 0.717) is 20.8 Å². The zero-order chi connectivity index (χ0) is 19.0. The topological polar surface area (TPSA) is 96.9 Å². The number of aromatic nitrogens is 4. The largest absolute Gasteiger partial charge is 0.377 e. The van der Waals surface area contributed by atoms with Crippen LogP contribution in [-0.4, -0.2) is 25.1 Å². The molecule has 1 aliphatic rings. The molecule has 3 heterocycles. The number of aryl methyl sites for hydroxylation is 1. The van der Waals surface area contributed by atoms with Gasteiger partial charge in [0.15, 0.2) is 5.17 Å². The number of hydrogen-bond donors (Lipinski definition) is 3. The number of hydrogen-bond acceptors (Lipinski definition) is 5. The second-order valence-electron chi connectivity index (χ2n) is 6.00. The Kier molecular flexibility index (Phi) is 4.40. The van der Waals surface area contributed by atoms with Gasteiger partial charge in [0.25, 0.3) is 0 Å². The molecule has 0 bridgehead atoms. The van der Waals surface area contributed by atoms with E-state index in [1.54, 1.807) is 29.2 Å². The highest BCUT2D eigenvalue weighted by atomic mass is 35.5. The van der Waals surface area contributed by atoms with Gasteiger partial charge in [0.1, 0.15) is 10.8 Å². The summed E-state index contributed by atoms with van der Waals surface area (Å²) in [5.41, 5.74) is 10.6. The monoisotopic (exact) mass is 405 g/mol. The van der Waals surface area contributed by atoms with Crippen LogP contribution in [0.2, 0.25) is 5.02 Å². The van der Waals surface area contributed by atoms with Crippen molar-refractivity contribution in [2.45, 2.75) is 17.7 Å². The second kappa shape index (κ2) is 6.75. The van der Waals surface area contributed by atoms with Gasteiger partial charge in [-0.15, -0.1) is 0 Å². The Labute approximate surface area is 161 Å². The fourth-order valence-corrected chi connectivity index (χ4v) is 6.28. The fraction of sp³-hybridized carbons (Fsp3) is 0.118. The van der Waals surface area contributed by atoms with Gasteiger partial charge in [-0.3, -0.25) is 10.5 Å². The summed E-state index contributed by atoms with van der Waals surface area (Å²) in [5, 5.41) is 17.8. The third kappa shape index (κ3) is 2.98. The molecule has 3 aromatic rings. The fourth-order valence-electron chi connectivity index (χ4n) is 2.91. The van der Waals surface area contributed by atoms with E-state index < -0.39 is 10.0 Å². The maximum Gasteiger partial charge on any atom is 0.172 e. The third-order valence-corrected chi connectivity index (χ3v) is 8.08. The van der Waals surface area contributed by atoms with Crippen LogP contribution in [0.1, 0.15) is 11.3 Å². The van der Waals surface area contributed by atoms with Crippen molar-refractivity contribution in [3.63, 3.8) is 0 Å². The smallest absolute Gasteiger partial charge is 0.172 e. The van der Waals surface area contributed by atoms with Gasteiger partial charge >= 0.3 is 0 Å². The van der Waals surface area contributed by atoms with Crippen LogP contribution < -0.4 is 11.2 Å². The van der Waals surface area contributed by atoms with Crippen LogP contribution in [0.25, 0.3) is 6.20 Å². The number of nitrogens with one attached hydrogen (secondary N) is 2. The number of rotatable bonds is 4. The highest BCUT2D eigenvalue weighted by Crippen LogP contribution is 2.65. The molecule has 10 heteroatoms. The summed E-state index contributed by atoms with van der Waals surface area (Å²) in [7, 11) is -2.13. The first kappa shape index (κ1) is 17.6. The first-order valence-electron chi connectivity index (χ1n) is 8.07. The normalized spacial score (nSPS) is 23.1. The molecule has 7 nitrogen and oxygen atoms in total. The molecule has 0 spiro atoms. The van der Waals surface area contributed by atoms with Crippen molar-refractivity contribution in [3.8, 4) is 0 Å². The van der Waals surface area contributed by atoms with Crippen molar-refractivity contribution in [3.05, 3.63) is 69.9 Å². The minimum Gasteiger partial charge on any atom is -0.377 e. The van der Waals surface area contributed by atoms with Crippen molar-refractivity contribution in [1.82, 2.24) is 25.4 Å². The average Bonchev–Trinajstić information content (AvgIpc) is 3.36. The Balaban J connectivity index is 1.89. The number of nitrogens with two attached hydrogens (primary N) is 1. The summed E-state index contributed by atoms with van der Waals surface area (Å²) in [6, 6.07) is 8.33. The van der Waals surface area contributed by atoms with E-state index in [9.17, 15) is 4.39 Å². The molecule has 0 aliphatic carbocycles. The van der Waals surface area contributed by atoms with Gasteiger partial charge in [-0.2, -0.15) is 15.3 Å². The molecule has 0 saturated carbocycles. The van der Waals surface area contributed by atoms with E-state index in [2.05, 4.69) is 25.8 Å². The number of aromatic amines is 1. The van der Waals surface area contributed by atoms with Crippen molar-refractivity contribution in [2.75, 3.05) is 0 Å². The van der Waals surface area contributed by atoms with Crippen LogP contribution in [0.4, 0.5) is 4.39 Å². The van der Waals surface area contributed by atoms with E-state index in [-0.39, 0.29) is 11.6 Å². The van der Waals surface area contributed by atoms with Crippen molar-refractivity contribution >= 4 is 33.0 Å². The van der Waals surface area contributed by atoms with Gasteiger partial charge in [0, 0.05) is 28.7 Å². The molecule has 0 radical (unpaired) electrons. The van der Waals surface area contributed by atoms with E-state index in [4.69, 9.17) is 17.3 Å². The zero-order valence-electron chi connectivity index (χ0n) is 14.4. The molecule has 140 valence electrons. The lowest BCUT2D eigenvalue weighted by molar-refractivity contribution is 0.617. The SMILES string of the molecule is Cc1ccn(C=C2NN=C(N)S2(Cc2c(F)cccc2Cl)c2ccn[nH]2)n1. The lowest BCUT2D eigenvalue weighted by Gasteiger charge is -2.34. The predicted molar refractivity (Wildman–Crippen MR) is 106 cm³/mol. The molecule has 0 amide bonds. The molecule has 1 aromatic carbocycles. The maximum absolute atomic E-state index is 14.6. The quantitative estimate of drug-likeness (QED) is 0.620. The molecule has 27 heavy (non-hydrogen) atoms. The van der Waals surface area contributed by atoms with Gasteiger partial charge < -0.3 is 5.73 Å². The molecule has 0 fully saturated rings. The summed E-state index contributed by atoms with van der Waals surface area (Å²) in [4.78, 5) is 0. The van der Waals surface area contributed by atoms with E-state index in [1.807, 2.05) is 25.3 Å². The highest BCUT2D eigenvalue weighted by Gasteiger charge is 2.42. The number of amidine groups is 1. The van der Waals surface area contributed by atoms with Crippen LogP contribution in [0, 0.1) is 12.7 Å². The van der Waals surface area contributed by atoms with E-state index in [0.717, 1.165) is 10.7 Å². The number of H-pyrrole nitrogens is 1. The molecular weight excluding hydrogens is 389 g/mol. The first-order chi connectivity index (χ1) is 13.0. The standard InChI is InChI=1S/C17H17ClFN7S/c1-11-6-8-26(25-11)9-16-23-24-17(20)27(16,15-5-7-21-22-15)10-12-13(18)3-2-4-14(12)19/h2-9,23H,10H2,1H3,(H2,20,24)(H,21,22). The number of benzene rings is 1. The predicted octanol–water partition coefficient (Wildman–Crippen LogP) is 3.36. The van der Waals surface area contributed by atoms with Crippen molar-refractivity contribution in [1.29, 1.82) is 0 Å². The van der Waals surface area contributed by atoms with Gasteiger partial charge in [0.2, 0.25) is 0 Å². The zero-order valence-corrected chi connectivity index (χ0v) is 15.9. The van der Waals surface area contributed by atoms with E-state index in [1.165, 1.54) is 6.07 Å². The average molecular weight is 406 g/mol. The Morgan fingerprint density at radius 2 is 2.19 bits per heavy atom. The van der Waals surface area contributed by atoms with Gasteiger partial charge in [-0.25, -0.2) is 9.07 Å². The van der Waals surface area contributed by atoms with E-state index >= 15 is 0 Å². The minimum absolute atomic E-state index is 0.245.